The van der Waals surface area contributed by atoms with Crippen LogP contribution in [0.15, 0.2) is 0 Å². The second-order valence-corrected chi connectivity index (χ2v) is 5.77. The zero-order valence-corrected chi connectivity index (χ0v) is 11.9. The molecule has 0 radical (unpaired) electrons. The van der Waals surface area contributed by atoms with E-state index in [0.717, 1.165) is 44.3 Å². The summed E-state index contributed by atoms with van der Waals surface area (Å²) in [5.74, 6) is 1.29. The molecule has 3 rings (SSSR count). The van der Waals surface area contributed by atoms with Gasteiger partial charge in [0.15, 0.2) is 5.82 Å². The van der Waals surface area contributed by atoms with Crippen LogP contribution in [-0.4, -0.2) is 41.6 Å². The molecule has 2 aliphatic rings. The number of likely N-dealkylation sites (N-methyl/N-ethyl adjacent to an activating group) is 1. The van der Waals surface area contributed by atoms with Gasteiger partial charge in [-0.3, -0.25) is 0 Å². The first-order valence-electron chi connectivity index (χ1n) is 7.05. The predicted molar refractivity (Wildman–Crippen MR) is 72.9 cm³/mol. The predicted octanol–water partition coefficient (Wildman–Crippen LogP) is 1.21. The number of morpholine rings is 1. The molecule has 5 nitrogen and oxygen atoms in total. The molecule has 1 fully saturated rings. The topological polar surface area (TPSA) is 50.3 Å². The van der Waals surface area contributed by atoms with Crippen molar-refractivity contribution in [2.45, 2.75) is 39.0 Å². The summed E-state index contributed by atoms with van der Waals surface area (Å²) in [6.07, 6.45) is 0.0159. The van der Waals surface area contributed by atoms with Crippen molar-refractivity contribution >= 4 is 0 Å². The molecule has 1 N–H and O–H groups in total. The van der Waals surface area contributed by atoms with Crippen molar-refractivity contribution in [2.75, 3.05) is 26.7 Å². The van der Waals surface area contributed by atoms with E-state index in [9.17, 15) is 0 Å². The minimum Gasteiger partial charge on any atom is -0.368 e. The van der Waals surface area contributed by atoms with Crippen LogP contribution in [0.1, 0.15) is 48.6 Å². The van der Waals surface area contributed by atoms with Crippen molar-refractivity contribution in [2.24, 2.45) is 0 Å². The Balaban J connectivity index is 1.96. The van der Waals surface area contributed by atoms with Crippen LogP contribution in [0.4, 0.5) is 0 Å². The Morgan fingerprint density at radius 2 is 2.16 bits per heavy atom. The van der Waals surface area contributed by atoms with Crippen LogP contribution >= 0.6 is 0 Å². The van der Waals surface area contributed by atoms with E-state index in [1.807, 2.05) is 0 Å². The molecule has 1 unspecified atom stereocenters. The molecule has 19 heavy (non-hydrogen) atoms. The number of nitrogens with zero attached hydrogens (tertiary/aromatic N) is 3. The highest BCUT2D eigenvalue weighted by Crippen LogP contribution is 2.27. The number of aromatic nitrogens is 2. The summed E-state index contributed by atoms with van der Waals surface area (Å²) < 4.78 is 5.84. The zero-order chi connectivity index (χ0) is 13.4. The Morgan fingerprint density at radius 3 is 2.89 bits per heavy atom. The molecule has 0 aliphatic carbocycles. The lowest BCUT2D eigenvalue weighted by Gasteiger charge is -2.29. The Kier molecular flexibility index (Phi) is 3.52. The van der Waals surface area contributed by atoms with Gasteiger partial charge >= 0.3 is 0 Å². The molecule has 1 atom stereocenters. The van der Waals surface area contributed by atoms with Gasteiger partial charge in [0.25, 0.3) is 0 Å². The zero-order valence-electron chi connectivity index (χ0n) is 11.9. The van der Waals surface area contributed by atoms with Gasteiger partial charge < -0.3 is 15.0 Å². The van der Waals surface area contributed by atoms with Crippen molar-refractivity contribution < 1.29 is 4.74 Å². The summed E-state index contributed by atoms with van der Waals surface area (Å²) in [5.41, 5.74) is 3.63. The fraction of sp³-hybridized carbons (Fsp3) is 0.714. The van der Waals surface area contributed by atoms with Crippen molar-refractivity contribution in [3.05, 3.63) is 22.8 Å². The standard InChI is InChI=1S/C14H22N4O/c1-9(2)13-10-6-15-7-11(10)16-14(17-13)12-8-18(3)4-5-19-12/h9,12,15H,4-8H2,1-3H3. The molecule has 0 spiro atoms. The molecule has 1 aromatic heterocycles. The third-order valence-electron chi connectivity index (χ3n) is 3.84. The maximum atomic E-state index is 5.84. The first-order chi connectivity index (χ1) is 9.15. The summed E-state index contributed by atoms with van der Waals surface area (Å²) in [7, 11) is 2.12. The number of rotatable bonds is 2. The molecule has 0 saturated carbocycles. The number of nitrogens with one attached hydrogen (secondary N) is 1. The van der Waals surface area contributed by atoms with Crippen LogP contribution in [-0.2, 0) is 17.8 Å². The van der Waals surface area contributed by atoms with Crippen LogP contribution in [0.2, 0.25) is 0 Å². The minimum absolute atomic E-state index is 0.0159. The Hall–Kier alpha value is -1.04. The molecule has 1 aromatic rings. The van der Waals surface area contributed by atoms with Crippen LogP contribution in [0, 0.1) is 0 Å². The fourth-order valence-corrected chi connectivity index (χ4v) is 2.77. The first-order valence-corrected chi connectivity index (χ1v) is 7.05. The van der Waals surface area contributed by atoms with E-state index in [1.54, 1.807) is 0 Å². The van der Waals surface area contributed by atoms with Gasteiger partial charge in [0.1, 0.15) is 6.10 Å². The summed E-state index contributed by atoms with van der Waals surface area (Å²) >= 11 is 0. The van der Waals surface area contributed by atoms with E-state index >= 15 is 0 Å². The summed E-state index contributed by atoms with van der Waals surface area (Å²) in [4.78, 5) is 11.8. The second-order valence-electron chi connectivity index (χ2n) is 5.77. The van der Waals surface area contributed by atoms with Crippen molar-refractivity contribution in [1.82, 2.24) is 20.2 Å². The molecule has 0 bridgehead atoms. The lowest BCUT2D eigenvalue weighted by Crippen LogP contribution is -2.36. The van der Waals surface area contributed by atoms with Crippen LogP contribution < -0.4 is 5.32 Å². The van der Waals surface area contributed by atoms with E-state index < -0.39 is 0 Å². The highest BCUT2D eigenvalue weighted by atomic mass is 16.5. The molecule has 5 heteroatoms. The molecule has 3 heterocycles. The Morgan fingerprint density at radius 1 is 1.32 bits per heavy atom. The van der Waals surface area contributed by atoms with Crippen LogP contribution in [0.5, 0.6) is 0 Å². The largest absolute Gasteiger partial charge is 0.368 e. The first kappa shape index (κ1) is 13.0. The monoisotopic (exact) mass is 262 g/mol. The molecular formula is C14H22N4O. The Bertz CT molecular complexity index is 475. The van der Waals surface area contributed by atoms with Gasteiger partial charge in [-0.25, -0.2) is 9.97 Å². The molecule has 0 aromatic carbocycles. The summed E-state index contributed by atoms with van der Waals surface area (Å²) in [6, 6.07) is 0. The van der Waals surface area contributed by atoms with Gasteiger partial charge in [0.05, 0.1) is 18.0 Å². The van der Waals surface area contributed by atoms with Gasteiger partial charge in [-0.2, -0.15) is 0 Å². The maximum absolute atomic E-state index is 5.84. The average molecular weight is 262 g/mol. The molecule has 1 saturated heterocycles. The SMILES string of the molecule is CC(C)c1nc(C2CN(C)CCO2)nc2c1CNC2. The highest BCUT2D eigenvalue weighted by molar-refractivity contribution is 5.31. The lowest BCUT2D eigenvalue weighted by atomic mass is 10.0. The van der Waals surface area contributed by atoms with E-state index in [2.05, 4.69) is 31.1 Å². The lowest BCUT2D eigenvalue weighted by molar-refractivity contribution is -0.0257. The average Bonchev–Trinajstić information content (AvgIpc) is 2.85. The maximum Gasteiger partial charge on any atom is 0.159 e. The van der Waals surface area contributed by atoms with Crippen molar-refractivity contribution in [3.63, 3.8) is 0 Å². The van der Waals surface area contributed by atoms with E-state index in [4.69, 9.17) is 14.7 Å². The van der Waals surface area contributed by atoms with Gasteiger partial charge in [-0.15, -0.1) is 0 Å². The van der Waals surface area contributed by atoms with Gasteiger partial charge in [-0.1, -0.05) is 13.8 Å². The molecule has 0 amide bonds. The smallest absolute Gasteiger partial charge is 0.159 e. The van der Waals surface area contributed by atoms with Crippen LogP contribution in [0.3, 0.4) is 0 Å². The molecule has 104 valence electrons. The molecule has 2 aliphatic heterocycles. The summed E-state index contributed by atoms with van der Waals surface area (Å²) in [5, 5.41) is 3.37. The van der Waals surface area contributed by atoms with Crippen molar-refractivity contribution in [3.8, 4) is 0 Å². The van der Waals surface area contributed by atoms with E-state index in [-0.39, 0.29) is 6.10 Å². The second kappa shape index (κ2) is 5.15. The third-order valence-corrected chi connectivity index (χ3v) is 3.84. The van der Waals surface area contributed by atoms with Crippen LogP contribution in [0.25, 0.3) is 0 Å². The quantitative estimate of drug-likeness (QED) is 0.868. The number of fused-ring (bicyclic) bond motifs is 1. The summed E-state index contributed by atoms with van der Waals surface area (Å²) in [6.45, 7) is 8.76. The fourth-order valence-electron chi connectivity index (χ4n) is 2.77. The normalized spacial score (nSPS) is 23.9. The third kappa shape index (κ3) is 2.50. The Labute approximate surface area is 114 Å². The van der Waals surface area contributed by atoms with Gasteiger partial charge in [0.2, 0.25) is 0 Å². The number of hydrogen-bond donors (Lipinski definition) is 1. The highest BCUT2D eigenvalue weighted by Gasteiger charge is 2.26. The minimum atomic E-state index is 0.0159. The number of ether oxygens (including phenoxy) is 1. The molecular weight excluding hydrogens is 240 g/mol. The van der Waals surface area contributed by atoms with E-state index in [0.29, 0.717) is 5.92 Å². The van der Waals surface area contributed by atoms with E-state index in [1.165, 1.54) is 11.3 Å². The van der Waals surface area contributed by atoms with Crippen molar-refractivity contribution in [1.29, 1.82) is 0 Å². The number of hydrogen-bond acceptors (Lipinski definition) is 5. The van der Waals surface area contributed by atoms with Gasteiger partial charge in [0, 0.05) is 31.7 Å². The van der Waals surface area contributed by atoms with Gasteiger partial charge in [-0.05, 0) is 13.0 Å².